The second-order valence-electron chi connectivity index (χ2n) is 5.12. The first kappa shape index (κ1) is 13.6. The molecule has 0 saturated carbocycles. The summed E-state index contributed by atoms with van der Waals surface area (Å²) in [5, 5.41) is 11.8. The monoisotopic (exact) mass is 267 g/mol. The number of carbonyl (C=O) groups is 1. The summed E-state index contributed by atoms with van der Waals surface area (Å²) in [5.41, 5.74) is 1.37. The standard InChI is InChI=1S/C14H21NO2S/c1-10(9-16)8-15-14(17)13-7-11-5-3-2-4-6-12(11)18-13/h7,10,16H,2-6,8-9H2,1H3,(H,15,17). The van der Waals surface area contributed by atoms with Crippen LogP contribution in [0.4, 0.5) is 0 Å². The van der Waals surface area contributed by atoms with Gasteiger partial charge in [0.2, 0.25) is 0 Å². The molecule has 1 unspecified atom stereocenters. The zero-order valence-electron chi connectivity index (χ0n) is 10.9. The second kappa shape index (κ2) is 6.34. The second-order valence-corrected chi connectivity index (χ2v) is 6.25. The van der Waals surface area contributed by atoms with Gasteiger partial charge in [0.15, 0.2) is 0 Å². The third kappa shape index (κ3) is 3.33. The quantitative estimate of drug-likeness (QED) is 0.823. The molecule has 1 aromatic rings. The van der Waals surface area contributed by atoms with Crippen LogP contribution in [0.3, 0.4) is 0 Å². The average Bonchev–Trinajstić information content (AvgIpc) is 2.67. The van der Waals surface area contributed by atoms with Crippen molar-refractivity contribution in [1.29, 1.82) is 0 Å². The van der Waals surface area contributed by atoms with E-state index in [1.54, 1.807) is 11.3 Å². The van der Waals surface area contributed by atoms with Gasteiger partial charge in [-0.1, -0.05) is 13.3 Å². The fourth-order valence-corrected chi connectivity index (χ4v) is 3.37. The molecular formula is C14H21NO2S. The number of fused-ring (bicyclic) bond motifs is 1. The Morgan fingerprint density at radius 1 is 1.44 bits per heavy atom. The van der Waals surface area contributed by atoms with E-state index in [0.29, 0.717) is 6.54 Å². The van der Waals surface area contributed by atoms with Gasteiger partial charge in [0.1, 0.15) is 0 Å². The minimum Gasteiger partial charge on any atom is -0.396 e. The van der Waals surface area contributed by atoms with E-state index < -0.39 is 0 Å². The first-order valence-corrected chi connectivity index (χ1v) is 7.53. The molecular weight excluding hydrogens is 246 g/mol. The van der Waals surface area contributed by atoms with Gasteiger partial charge < -0.3 is 10.4 Å². The average molecular weight is 267 g/mol. The van der Waals surface area contributed by atoms with Gasteiger partial charge in [-0.3, -0.25) is 4.79 Å². The van der Waals surface area contributed by atoms with Gasteiger partial charge in [-0.25, -0.2) is 0 Å². The van der Waals surface area contributed by atoms with Crippen LogP contribution < -0.4 is 5.32 Å². The third-order valence-electron chi connectivity index (χ3n) is 3.39. The number of thiophene rings is 1. The first-order valence-electron chi connectivity index (χ1n) is 6.71. The van der Waals surface area contributed by atoms with Crippen molar-refractivity contribution in [2.24, 2.45) is 5.92 Å². The van der Waals surface area contributed by atoms with Crippen LogP contribution in [0.25, 0.3) is 0 Å². The largest absolute Gasteiger partial charge is 0.396 e. The van der Waals surface area contributed by atoms with E-state index in [1.165, 1.54) is 29.7 Å². The Hall–Kier alpha value is -0.870. The number of aliphatic hydroxyl groups excluding tert-OH is 1. The Balaban J connectivity index is 1.98. The number of hydrogen-bond acceptors (Lipinski definition) is 3. The van der Waals surface area contributed by atoms with Crippen molar-refractivity contribution in [3.05, 3.63) is 21.4 Å². The van der Waals surface area contributed by atoms with Crippen LogP contribution in [-0.4, -0.2) is 24.2 Å². The van der Waals surface area contributed by atoms with Crippen molar-refractivity contribution < 1.29 is 9.90 Å². The van der Waals surface area contributed by atoms with E-state index in [1.807, 2.05) is 6.92 Å². The molecule has 3 nitrogen and oxygen atoms in total. The van der Waals surface area contributed by atoms with Crippen LogP contribution in [-0.2, 0) is 12.8 Å². The van der Waals surface area contributed by atoms with Crippen LogP contribution in [0.1, 0.15) is 46.3 Å². The highest BCUT2D eigenvalue weighted by Crippen LogP contribution is 2.28. The van der Waals surface area contributed by atoms with E-state index in [-0.39, 0.29) is 18.4 Å². The number of aliphatic hydroxyl groups is 1. The highest BCUT2D eigenvalue weighted by molar-refractivity contribution is 7.14. The lowest BCUT2D eigenvalue weighted by Crippen LogP contribution is -2.28. The number of aryl methyl sites for hydroxylation is 2. The van der Waals surface area contributed by atoms with Crippen LogP contribution in [0.15, 0.2) is 6.07 Å². The Bertz CT molecular complexity index is 390. The van der Waals surface area contributed by atoms with E-state index >= 15 is 0 Å². The molecule has 0 aromatic carbocycles. The van der Waals surface area contributed by atoms with Gasteiger partial charge in [0.05, 0.1) is 4.88 Å². The van der Waals surface area contributed by atoms with E-state index in [2.05, 4.69) is 11.4 Å². The van der Waals surface area contributed by atoms with E-state index in [4.69, 9.17) is 5.11 Å². The molecule has 0 aliphatic heterocycles. The Morgan fingerprint density at radius 2 is 2.22 bits per heavy atom. The van der Waals surface area contributed by atoms with Crippen LogP contribution in [0.5, 0.6) is 0 Å². The highest BCUT2D eigenvalue weighted by Gasteiger charge is 2.16. The molecule has 1 aliphatic carbocycles. The molecule has 100 valence electrons. The minimum absolute atomic E-state index is 0.00775. The SMILES string of the molecule is CC(CO)CNC(=O)c1cc2c(s1)CCCCC2. The lowest BCUT2D eigenvalue weighted by atomic mass is 10.1. The fourth-order valence-electron chi connectivity index (χ4n) is 2.20. The number of nitrogens with one attached hydrogen (secondary N) is 1. The summed E-state index contributed by atoms with van der Waals surface area (Å²) < 4.78 is 0. The summed E-state index contributed by atoms with van der Waals surface area (Å²) >= 11 is 1.64. The van der Waals surface area contributed by atoms with Gasteiger partial charge in [-0.15, -0.1) is 11.3 Å². The molecule has 2 N–H and O–H groups in total. The maximum absolute atomic E-state index is 12.0. The topological polar surface area (TPSA) is 49.3 Å². The van der Waals surface area contributed by atoms with Crippen molar-refractivity contribution in [2.75, 3.05) is 13.2 Å². The van der Waals surface area contributed by atoms with Crippen molar-refractivity contribution in [1.82, 2.24) is 5.32 Å². The molecule has 4 heteroatoms. The summed E-state index contributed by atoms with van der Waals surface area (Å²) in [4.78, 5) is 14.2. The maximum atomic E-state index is 12.0. The zero-order chi connectivity index (χ0) is 13.0. The predicted molar refractivity (Wildman–Crippen MR) is 74.2 cm³/mol. The molecule has 0 radical (unpaired) electrons. The fraction of sp³-hybridized carbons (Fsp3) is 0.643. The number of carbonyl (C=O) groups excluding carboxylic acids is 1. The normalized spacial score (nSPS) is 16.8. The molecule has 1 atom stereocenters. The summed E-state index contributed by atoms with van der Waals surface area (Å²) in [6.07, 6.45) is 6.03. The van der Waals surface area contributed by atoms with Crippen LogP contribution in [0, 0.1) is 5.92 Å². The Morgan fingerprint density at radius 3 is 3.00 bits per heavy atom. The van der Waals surface area contributed by atoms with Gasteiger partial charge in [-0.05, 0) is 43.2 Å². The molecule has 0 spiro atoms. The number of hydrogen-bond donors (Lipinski definition) is 2. The summed E-state index contributed by atoms with van der Waals surface area (Å²) in [6, 6.07) is 2.06. The van der Waals surface area contributed by atoms with Gasteiger partial charge in [-0.2, -0.15) is 0 Å². The van der Waals surface area contributed by atoms with Crippen molar-refractivity contribution in [2.45, 2.75) is 39.0 Å². The highest BCUT2D eigenvalue weighted by atomic mass is 32.1. The molecule has 1 aliphatic rings. The molecule has 18 heavy (non-hydrogen) atoms. The molecule has 1 amide bonds. The summed E-state index contributed by atoms with van der Waals surface area (Å²) in [7, 11) is 0. The number of rotatable bonds is 4. The number of amides is 1. The van der Waals surface area contributed by atoms with Crippen molar-refractivity contribution in [3.8, 4) is 0 Å². The Kier molecular flexibility index (Phi) is 4.78. The Labute approximate surface area is 112 Å². The van der Waals surface area contributed by atoms with Crippen molar-refractivity contribution in [3.63, 3.8) is 0 Å². The first-order chi connectivity index (χ1) is 8.70. The molecule has 2 rings (SSSR count). The lowest BCUT2D eigenvalue weighted by Gasteiger charge is -2.08. The molecule has 0 fully saturated rings. The molecule has 1 heterocycles. The van der Waals surface area contributed by atoms with Gasteiger partial charge >= 0.3 is 0 Å². The third-order valence-corrected chi connectivity index (χ3v) is 4.63. The van der Waals surface area contributed by atoms with Gasteiger partial charge in [0.25, 0.3) is 5.91 Å². The van der Waals surface area contributed by atoms with E-state index in [0.717, 1.165) is 17.7 Å². The minimum atomic E-state index is 0.00775. The molecule has 1 aromatic heterocycles. The van der Waals surface area contributed by atoms with Gasteiger partial charge in [0, 0.05) is 18.0 Å². The predicted octanol–water partition coefficient (Wildman–Crippen LogP) is 2.38. The van der Waals surface area contributed by atoms with Crippen LogP contribution >= 0.6 is 11.3 Å². The van der Waals surface area contributed by atoms with Crippen molar-refractivity contribution >= 4 is 17.2 Å². The van der Waals surface area contributed by atoms with E-state index in [9.17, 15) is 4.79 Å². The lowest BCUT2D eigenvalue weighted by molar-refractivity contribution is 0.0946. The zero-order valence-corrected chi connectivity index (χ0v) is 11.7. The molecule has 0 bridgehead atoms. The molecule has 0 saturated heterocycles. The maximum Gasteiger partial charge on any atom is 0.261 e. The van der Waals surface area contributed by atoms with Crippen LogP contribution in [0.2, 0.25) is 0 Å². The summed E-state index contributed by atoms with van der Waals surface area (Å²) in [6.45, 7) is 2.57. The summed E-state index contributed by atoms with van der Waals surface area (Å²) in [5.74, 6) is 0.125. The smallest absolute Gasteiger partial charge is 0.261 e.